The van der Waals surface area contributed by atoms with E-state index in [-0.39, 0.29) is 16.7 Å². The summed E-state index contributed by atoms with van der Waals surface area (Å²) >= 11 is 0. The molecule has 3 heterocycles. The van der Waals surface area contributed by atoms with E-state index in [0.717, 1.165) is 17.0 Å². The molecule has 0 radical (unpaired) electrons. The molecular formula is C23H23N5O3. The minimum absolute atomic E-state index is 0.0683. The molecule has 0 fully saturated rings. The van der Waals surface area contributed by atoms with E-state index < -0.39 is 11.9 Å². The highest BCUT2D eigenvalue weighted by molar-refractivity contribution is 5.94. The third-order valence-corrected chi connectivity index (χ3v) is 5.35. The van der Waals surface area contributed by atoms with Gasteiger partial charge in [0.15, 0.2) is 5.65 Å². The fraction of sp³-hybridized carbons (Fsp3) is 0.217. The lowest BCUT2D eigenvalue weighted by Gasteiger charge is -2.19. The van der Waals surface area contributed by atoms with Gasteiger partial charge in [0.05, 0.1) is 11.7 Å². The van der Waals surface area contributed by atoms with Crippen LogP contribution in [0.25, 0.3) is 5.65 Å². The number of carbonyl (C=O) groups excluding carboxylic acids is 1. The van der Waals surface area contributed by atoms with Crippen LogP contribution in [0.4, 0.5) is 0 Å². The average molecular weight is 417 g/mol. The topological polar surface area (TPSA) is 101 Å². The standard InChI is InChI=1S/C23H23N5O3/c1-14-11-20-24-17(13-21(29)28(20)26-14)12-19(16-7-5-4-6-8-16)25-22(30)18-10-9-15(2)27(3)23(18)31/h4-11,13,19,26H,12H2,1-3H3,(H,25,30)/t19-/m1/s1. The molecule has 0 aliphatic rings. The number of amides is 1. The molecule has 0 bridgehead atoms. The number of hydrogen-bond donors (Lipinski definition) is 2. The number of aromatic amines is 1. The van der Waals surface area contributed by atoms with Crippen molar-refractivity contribution in [1.82, 2.24) is 24.5 Å². The molecule has 31 heavy (non-hydrogen) atoms. The molecule has 0 saturated heterocycles. The Morgan fingerprint density at radius 2 is 1.84 bits per heavy atom. The van der Waals surface area contributed by atoms with Crippen LogP contribution < -0.4 is 16.4 Å². The maximum atomic E-state index is 13.0. The molecule has 1 atom stereocenters. The molecular weight excluding hydrogens is 394 g/mol. The zero-order valence-corrected chi connectivity index (χ0v) is 17.5. The van der Waals surface area contributed by atoms with Gasteiger partial charge in [-0.2, -0.15) is 0 Å². The largest absolute Gasteiger partial charge is 0.345 e. The third-order valence-electron chi connectivity index (χ3n) is 5.35. The molecule has 0 unspecified atom stereocenters. The molecule has 1 aromatic carbocycles. The van der Waals surface area contributed by atoms with Gasteiger partial charge in [-0.25, -0.2) is 9.50 Å². The molecule has 0 saturated carbocycles. The van der Waals surface area contributed by atoms with Gasteiger partial charge in [-0.15, -0.1) is 0 Å². The van der Waals surface area contributed by atoms with Crippen molar-refractivity contribution in [1.29, 1.82) is 0 Å². The Morgan fingerprint density at radius 3 is 2.58 bits per heavy atom. The first kappa shape index (κ1) is 20.3. The van der Waals surface area contributed by atoms with Gasteiger partial charge >= 0.3 is 0 Å². The molecule has 2 N–H and O–H groups in total. The van der Waals surface area contributed by atoms with E-state index in [0.29, 0.717) is 17.8 Å². The summed E-state index contributed by atoms with van der Waals surface area (Å²) in [4.78, 5) is 42.5. The fourth-order valence-electron chi connectivity index (χ4n) is 3.55. The monoisotopic (exact) mass is 417 g/mol. The van der Waals surface area contributed by atoms with E-state index in [1.54, 1.807) is 26.1 Å². The van der Waals surface area contributed by atoms with Crippen molar-refractivity contribution in [3.63, 3.8) is 0 Å². The summed E-state index contributed by atoms with van der Waals surface area (Å²) < 4.78 is 2.82. The number of aryl methyl sites for hydroxylation is 2. The van der Waals surface area contributed by atoms with E-state index >= 15 is 0 Å². The summed E-state index contributed by atoms with van der Waals surface area (Å²) in [6.07, 6.45) is 0.303. The predicted octanol–water partition coefficient (Wildman–Crippen LogP) is 2.05. The number of aromatic nitrogens is 4. The fourth-order valence-corrected chi connectivity index (χ4v) is 3.55. The van der Waals surface area contributed by atoms with Gasteiger partial charge < -0.3 is 9.88 Å². The van der Waals surface area contributed by atoms with Crippen molar-refractivity contribution in [3.8, 4) is 0 Å². The van der Waals surface area contributed by atoms with E-state index in [4.69, 9.17) is 0 Å². The van der Waals surface area contributed by atoms with Gasteiger partial charge in [0.1, 0.15) is 5.56 Å². The highest BCUT2D eigenvalue weighted by Gasteiger charge is 2.20. The first-order chi connectivity index (χ1) is 14.8. The number of fused-ring (bicyclic) bond motifs is 1. The normalized spacial score (nSPS) is 12.1. The SMILES string of the molecule is Cc1cc2nc(C[C@@H](NC(=O)c3ccc(C)n(C)c3=O)c3ccccc3)cc(=O)n2[nH]1. The summed E-state index contributed by atoms with van der Waals surface area (Å²) in [6, 6.07) is 15.5. The molecule has 8 heteroatoms. The lowest BCUT2D eigenvalue weighted by atomic mass is 10.0. The van der Waals surface area contributed by atoms with E-state index in [9.17, 15) is 14.4 Å². The minimum Gasteiger partial charge on any atom is -0.345 e. The van der Waals surface area contributed by atoms with Gasteiger partial charge in [0.2, 0.25) is 0 Å². The van der Waals surface area contributed by atoms with Crippen LogP contribution in [0.3, 0.4) is 0 Å². The van der Waals surface area contributed by atoms with Gasteiger partial charge in [0, 0.05) is 37.0 Å². The van der Waals surface area contributed by atoms with Crippen molar-refractivity contribution < 1.29 is 4.79 Å². The van der Waals surface area contributed by atoms with Gasteiger partial charge in [0.25, 0.3) is 17.0 Å². The first-order valence-electron chi connectivity index (χ1n) is 9.94. The number of carbonyl (C=O) groups is 1. The molecule has 8 nitrogen and oxygen atoms in total. The number of pyridine rings is 1. The van der Waals surface area contributed by atoms with Crippen molar-refractivity contribution in [2.24, 2.45) is 7.05 Å². The quantitative estimate of drug-likeness (QED) is 0.519. The number of rotatable bonds is 5. The van der Waals surface area contributed by atoms with Gasteiger partial charge in [-0.1, -0.05) is 30.3 Å². The van der Waals surface area contributed by atoms with E-state index in [1.807, 2.05) is 37.3 Å². The number of nitrogens with one attached hydrogen (secondary N) is 2. The molecule has 3 aromatic heterocycles. The highest BCUT2D eigenvalue weighted by Crippen LogP contribution is 2.18. The summed E-state index contributed by atoms with van der Waals surface area (Å²) in [5.41, 5.74) is 3.00. The Labute approximate surface area is 178 Å². The highest BCUT2D eigenvalue weighted by atomic mass is 16.2. The summed E-state index contributed by atoms with van der Waals surface area (Å²) in [5, 5.41) is 5.89. The third kappa shape index (κ3) is 4.05. The maximum absolute atomic E-state index is 13.0. The second-order valence-electron chi connectivity index (χ2n) is 7.61. The van der Waals surface area contributed by atoms with Gasteiger partial charge in [-0.3, -0.25) is 19.5 Å². The summed E-state index contributed by atoms with van der Waals surface area (Å²) in [5.74, 6) is -0.468. The van der Waals surface area contributed by atoms with Crippen LogP contribution in [0.1, 0.15) is 39.0 Å². The maximum Gasteiger partial charge on any atom is 0.272 e. The van der Waals surface area contributed by atoms with Crippen LogP contribution in [0.5, 0.6) is 0 Å². The second kappa shape index (κ2) is 8.06. The van der Waals surface area contributed by atoms with Crippen LogP contribution in [-0.4, -0.2) is 25.1 Å². The Hall–Kier alpha value is -3.94. The number of hydrogen-bond acceptors (Lipinski definition) is 4. The van der Waals surface area contributed by atoms with Crippen LogP contribution in [-0.2, 0) is 13.5 Å². The predicted molar refractivity (Wildman–Crippen MR) is 117 cm³/mol. The first-order valence-corrected chi connectivity index (χ1v) is 9.94. The lowest BCUT2D eigenvalue weighted by molar-refractivity contribution is 0.0934. The Kier molecular flexibility index (Phi) is 5.29. The summed E-state index contributed by atoms with van der Waals surface area (Å²) in [6.45, 7) is 3.65. The molecule has 1 amide bonds. The molecule has 4 rings (SSSR count). The van der Waals surface area contributed by atoms with E-state index in [1.165, 1.54) is 21.2 Å². The van der Waals surface area contributed by atoms with Crippen LogP contribution in [0, 0.1) is 13.8 Å². The van der Waals surface area contributed by atoms with Crippen molar-refractivity contribution in [3.05, 3.63) is 104 Å². The Bertz CT molecular complexity index is 1380. The smallest absolute Gasteiger partial charge is 0.272 e. The van der Waals surface area contributed by atoms with Gasteiger partial charge in [-0.05, 0) is 31.5 Å². The average Bonchev–Trinajstić information content (AvgIpc) is 3.13. The number of H-pyrrole nitrogens is 1. The van der Waals surface area contributed by atoms with Crippen molar-refractivity contribution in [2.75, 3.05) is 0 Å². The Balaban J connectivity index is 1.69. The molecule has 158 valence electrons. The lowest BCUT2D eigenvalue weighted by Crippen LogP contribution is -2.36. The molecule has 0 aliphatic carbocycles. The molecule has 0 spiro atoms. The number of benzene rings is 1. The molecule has 0 aliphatic heterocycles. The number of nitrogens with zero attached hydrogens (tertiary/aromatic N) is 3. The Morgan fingerprint density at radius 1 is 1.10 bits per heavy atom. The van der Waals surface area contributed by atoms with Crippen LogP contribution in [0.2, 0.25) is 0 Å². The zero-order chi connectivity index (χ0) is 22.1. The zero-order valence-electron chi connectivity index (χ0n) is 17.5. The second-order valence-corrected chi connectivity index (χ2v) is 7.61. The minimum atomic E-state index is -0.468. The summed E-state index contributed by atoms with van der Waals surface area (Å²) in [7, 11) is 1.63. The van der Waals surface area contributed by atoms with E-state index in [2.05, 4.69) is 15.4 Å². The van der Waals surface area contributed by atoms with Crippen molar-refractivity contribution in [2.45, 2.75) is 26.3 Å². The van der Waals surface area contributed by atoms with Crippen LogP contribution in [0.15, 0.2) is 64.2 Å². The molecule has 4 aromatic rings. The van der Waals surface area contributed by atoms with Crippen molar-refractivity contribution >= 4 is 11.6 Å². The van der Waals surface area contributed by atoms with Crippen LogP contribution >= 0.6 is 0 Å².